The number of anilines is 2. The molecule has 2 aromatic rings. The molecule has 3 heterocycles. The number of fused-ring (bicyclic) bond motifs is 1. The fourth-order valence-corrected chi connectivity index (χ4v) is 5.05. The van der Waals surface area contributed by atoms with Crippen LogP contribution in [0.2, 0.25) is 0 Å². The number of hydrogen-bond acceptors (Lipinski definition) is 6. The van der Waals surface area contributed by atoms with Crippen molar-refractivity contribution in [1.82, 2.24) is 15.0 Å². The van der Waals surface area contributed by atoms with Gasteiger partial charge in [-0.3, -0.25) is 4.79 Å². The van der Waals surface area contributed by atoms with Crippen molar-refractivity contribution in [1.29, 1.82) is 0 Å². The Kier molecular flexibility index (Phi) is 4.79. The smallest absolute Gasteiger partial charge is 0.246 e. The van der Waals surface area contributed by atoms with Crippen molar-refractivity contribution < 1.29 is 18.0 Å². The van der Waals surface area contributed by atoms with Crippen LogP contribution in [-0.2, 0) is 4.79 Å². The van der Waals surface area contributed by atoms with Crippen LogP contribution in [-0.4, -0.2) is 40.2 Å². The van der Waals surface area contributed by atoms with Crippen LogP contribution in [0.25, 0.3) is 0 Å². The van der Waals surface area contributed by atoms with Gasteiger partial charge in [-0.1, -0.05) is 0 Å². The number of carbonyl (C=O) groups is 1. The van der Waals surface area contributed by atoms with Crippen LogP contribution in [0.4, 0.5) is 24.9 Å². The van der Waals surface area contributed by atoms with Crippen LogP contribution in [0.3, 0.4) is 0 Å². The molecule has 1 saturated heterocycles. The van der Waals surface area contributed by atoms with Gasteiger partial charge in [0.05, 0.1) is 12.2 Å². The number of aromatic nitrogens is 2. The molecule has 7 nitrogen and oxygen atoms in total. The molecule has 2 N–H and O–H groups in total. The number of amides is 1. The third kappa shape index (κ3) is 3.60. The fraction of sp³-hybridized carbons (Fsp3) is 0.429. The van der Waals surface area contributed by atoms with Crippen molar-refractivity contribution >= 4 is 23.9 Å². The van der Waals surface area contributed by atoms with Crippen molar-refractivity contribution in [2.45, 2.75) is 25.3 Å². The number of nitrogens with zero attached hydrogens (tertiary/aromatic N) is 5. The summed E-state index contributed by atoms with van der Waals surface area (Å²) in [5.74, 6) is -1.54. The summed E-state index contributed by atoms with van der Waals surface area (Å²) in [4.78, 5) is 23.2. The number of nitrogen functional groups attached to an aromatic ring is 1. The van der Waals surface area contributed by atoms with Gasteiger partial charge in [0.15, 0.2) is 11.6 Å². The molecule has 1 amide bonds. The molecule has 5 rings (SSSR count). The average Bonchev–Trinajstić information content (AvgIpc) is 3.43. The largest absolute Gasteiger partial charge is 0.381 e. The lowest BCUT2D eigenvalue weighted by Gasteiger charge is -2.26. The first-order chi connectivity index (χ1) is 14.9. The third-order valence-electron chi connectivity index (χ3n) is 6.47. The van der Waals surface area contributed by atoms with Crippen LogP contribution in [0.15, 0.2) is 29.5 Å². The summed E-state index contributed by atoms with van der Waals surface area (Å²) in [6, 6.07) is 2.81. The van der Waals surface area contributed by atoms with Gasteiger partial charge in [-0.25, -0.2) is 23.2 Å². The molecule has 162 valence electrons. The highest BCUT2D eigenvalue weighted by molar-refractivity contribution is 5.82. The number of hydrazone groups is 1. The number of halogens is 3. The first-order valence-corrected chi connectivity index (χ1v) is 10.2. The lowest BCUT2D eigenvalue weighted by atomic mass is 10.0. The predicted octanol–water partition coefficient (Wildman–Crippen LogP) is 2.90. The second-order valence-corrected chi connectivity index (χ2v) is 8.43. The van der Waals surface area contributed by atoms with E-state index in [1.807, 2.05) is 4.90 Å². The first kappa shape index (κ1) is 19.8. The van der Waals surface area contributed by atoms with Gasteiger partial charge >= 0.3 is 0 Å². The van der Waals surface area contributed by atoms with E-state index in [9.17, 15) is 18.0 Å². The van der Waals surface area contributed by atoms with E-state index in [1.165, 1.54) is 17.1 Å². The van der Waals surface area contributed by atoms with E-state index in [-0.39, 0.29) is 29.5 Å². The Morgan fingerprint density at radius 1 is 1.06 bits per heavy atom. The third-order valence-corrected chi connectivity index (χ3v) is 6.47. The predicted molar refractivity (Wildman–Crippen MR) is 107 cm³/mol. The lowest BCUT2D eigenvalue weighted by Crippen LogP contribution is -2.33. The monoisotopic (exact) mass is 430 g/mol. The van der Waals surface area contributed by atoms with Crippen molar-refractivity contribution in [2.75, 3.05) is 23.7 Å². The zero-order valence-electron chi connectivity index (χ0n) is 16.6. The number of nitrogens with two attached hydrogens (primary N) is 1. The molecule has 2 fully saturated rings. The van der Waals surface area contributed by atoms with E-state index in [4.69, 9.17) is 5.73 Å². The van der Waals surface area contributed by atoms with Crippen molar-refractivity contribution in [2.24, 2.45) is 22.9 Å². The normalized spacial score (nSPS) is 27.2. The van der Waals surface area contributed by atoms with E-state index in [0.29, 0.717) is 43.9 Å². The van der Waals surface area contributed by atoms with Gasteiger partial charge in [0, 0.05) is 37.7 Å². The summed E-state index contributed by atoms with van der Waals surface area (Å²) in [5, 5.41) is 5.58. The van der Waals surface area contributed by atoms with Crippen molar-refractivity contribution in [3.8, 4) is 0 Å². The molecule has 1 aromatic heterocycles. The quantitative estimate of drug-likeness (QED) is 0.809. The summed E-state index contributed by atoms with van der Waals surface area (Å²) in [7, 11) is 0. The fourth-order valence-electron chi connectivity index (χ4n) is 5.05. The van der Waals surface area contributed by atoms with Crippen molar-refractivity contribution in [3.63, 3.8) is 0 Å². The highest BCUT2D eigenvalue weighted by Gasteiger charge is 2.46. The molecule has 1 aliphatic carbocycles. The minimum absolute atomic E-state index is 0.119. The van der Waals surface area contributed by atoms with E-state index in [1.54, 1.807) is 6.21 Å². The Morgan fingerprint density at radius 3 is 2.39 bits per heavy atom. The highest BCUT2D eigenvalue weighted by atomic mass is 19.1. The van der Waals surface area contributed by atoms with Crippen LogP contribution in [0, 0.1) is 35.2 Å². The molecule has 1 saturated carbocycles. The number of hydrogen-bond donors (Lipinski definition) is 1. The first-order valence-electron chi connectivity index (χ1n) is 10.2. The van der Waals surface area contributed by atoms with Gasteiger partial charge < -0.3 is 10.6 Å². The number of rotatable bonds is 3. The Labute approximate surface area is 176 Å². The SMILES string of the molecule is Nc1nc(N2C[C@H]3C[C@@H](C(=O)N4N=CC[C@@H]4c4cc(F)cc(F)c4)C[C@H]3C2)ncc1F. The Bertz CT molecular complexity index is 1030. The lowest BCUT2D eigenvalue weighted by molar-refractivity contribution is -0.137. The Balaban J connectivity index is 1.26. The molecule has 10 heteroatoms. The molecule has 2 aliphatic heterocycles. The van der Waals surface area contributed by atoms with Gasteiger partial charge in [0.2, 0.25) is 11.9 Å². The van der Waals surface area contributed by atoms with Crippen LogP contribution < -0.4 is 10.6 Å². The minimum Gasteiger partial charge on any atom is -0.381 e. The summed E-state index contributed by atoms with van der Waals surface area (Å²) < 4.78 is 40.7. The standard InChI is InChI=1S/C21H21F3N6O/c22-15-5-11(6-16(23)7-15)18-1-2-27-30(18)20(31)12-3-13-9-29(10-14(13)4-12)21-26-8-17(24)19(25)28-21/h2,5-8,12-14,18H,1,3-4,9-10H2,(H2,25,26,28)/t12-,13-,14+,18-/m1/s1. The van der Waals surface area contributed by atoms with Gasteiger partial charge in [0.1, 0.15) is 11.6 Å². The Morgan fingerprint density at radius 2 is 1.74 bits per heavy atom. The maximum atomic E-state index is 13.7. The van der Waals surface area contributed by atoms with E-state index in [0.717, 1.165) is 12.3 Å². The summed E-state index contributed by atoms with van der Waals surface area (Å²) in [6.45, 7) is 1.34. The second kappa shape index (κ2) is 7.51. The number of carbonyl (C=O) groups excluding carboxylic acids is 1. The molecule has 0 unspecified atom stereocenters. The Hall–Kier alpha value is -3.17. The van der Waals surface area contributed by atoms with E-state index < -0.39 is 23.5 Å². The molecule has 31 heavy (non-hydrogen) atoms. The maximum absolute atomic E-state index is 13.7. The second-order valence-electron chi connectivity index (χ2n) is 8.43. The molecular formula is C21H21F3N6O. The van der Waals surface area contributed by atoms with Gasteiger partial charge in [-0.15, -0.1) is 0 Å². The van der Waals surface area contributed by atoms with Gasteiger partial charge in [0.25, 0.3) is 0 Å². The summed E-state index contributed by atoms with van der Waals surface area (Å²) in [5.41, 5.74) is 5.95. The zero-order chi connectivity index (χ0) is 21.7. The zero-order valence-corrected chi connectivity index (χ0v) is 16.6. The topological polar surface area (TPSA) is 87.7 Å². The molecule has 0 radical (unpaired) electrons. The number of benzene rings is 1. The van der Waals surface area contributed by atoms with Crippen LogP contribution >= 0.6 is 0 Å². The van der Waals surface area contributed by atoms with Gasteiger partial charge in [-0.05, 0) is 42.4 Å². The van der Waals surface area contributed by atoms with Gasteiger partial charge in [-0.2, -0.15) is 10.1 Å². The van der Waals surface area contributed by atoms with E-state index in [2.05, 4.69) is 15.1 Å². The molecule has 0 bridgehead atoms. The maximum Gasteiger partial charge on any atom is 0.246 e. The van der Waals surface area contributed by atoms with Crippen LogP contribution in [0.5, 0.6) is 0 Å². The molecular weight excluding hydrogens is 409 g/mol. The van der Waals surface area contributed by atoms with Crippen LogP contribution in [0.1, 0.15) is 30.9 Å². The molecule has 0 spiro atoms. The molecule has 4 atom stereocenters. The average molecular weight is 430 g/mol. The molecule has 1 aromatic carbocycles. The summed E-state index contributed by atoms with van der Waals surface area (Å²) in [6.07, 6.45) is 4.48. The highest BCUT2D eigenvalue weighted by Crippen LogP contribution is 2.44. The minimum atomic E-state index is -0.673. The summed E-state index contributed by atoms with van der Waals surface area (Å²) >= 11 is 0. The molecule has 3 aliphatic rings. The van der Waals surface area contributed by atoms with Crippen molar-refractivity contribution in [3.05, 3.63) is 47.4 Å². The van der Waals surface area contributed by atoms with E-state index >= 15 is 0 Å².